The molecule has 2 bridgehead atoms. The van der Waals surface area contributed by atoms with Gasteiger partial charge < -0.3 is 14.5 Å². The van der Waals surface area contributed by atoms with Crippen molar-refractivity contribution in [2.45, 2.75) is 57.7 Å². The van der Waals surface area contributed by atoms with Gasteiger partial charge in [0.15, 0.2) is 0 Å². The van der Waals surface area contributed by atoms with Crippen molar-refractivity contribution in [2.75, 3.05) is 13.1 Å². The molecule has 2 amide bonds. The van der Waals surface area contributed by atoms with Gasteiger partial charge in [-0.15, -0.1) is 0 Å². The number of nitrogens with zero attached hydrogens (tertiary/aromatic N) is 2. The Kier molecular flexibility index (Phi) is 2.18. The van der Waals surface area contributed by atoms with Crippen molar-refractivity contribution < 1.29 is 14.3 Å². The minimum atomic E-state index is -0.456. The molecule has 0 N–H and O–H groups in total. The van der Waals surface area contributed by atoms with E-state index in [2.05, 4.69) is 0 Å². The zero-order valence-electron chi connectivity index (χ0n) is 12.4. The Hall–Kier alpha value is -1.26. The summed E-state index contributed by atoms with van der Waals surface area (Å²) < 4.78 is 5.44. The highest BCUT2D eigenvalue weighted by Crippen LogP contribution is 2.76. The lowest BCUT2D eigenvalue weighted by Crippen LogP contribution is -2.52. The van der Waals surface area contributed by atoms with Crippen LogP contribution in [0.1, 0.15) is 40.0 Å². The van der Waals surface area contributed by atoms with Crippen LogP contribution >= 0.6 is 0 Å². The van der Waals surface area contributed by atoms with E-state index in [1.54, 1.807) is 0 Å². The maximum Gasteiger partial charge on any atom is 0.410 e. The number of rotatable bonds is 1. The van der Waals surface area contributed by atoms with E-state index in [0.29, 0.717) is 24.9 Å². The Balaban J connectivity index is 1.40. The van der Waals surface area contributed by atoms with Crippen molar-refractivity contribution in [3.63, 3.8) is 0 Å². The second-order valence-electron chi connectivity index (χ2n) is 7.89. The molecule has 2 atom stereocenters. The quantitative estimate of drug-likeness (QED) is 0.732. The van der Waals surface area contributed by atoms with Crippen molar-refractivity contribution in [3.05, 3.63) is 0 Å². The molecule has 0 radical (unpaired) electrons. The molecule has 4 aliphatic rings. The molecule has 0 unspecified atom stereocenters. The number of piperazine rings is 1. The van der Waals surface area contributed by atoms with Gasteiger partial charge in [0, 0.05) is 13.1 Å². The molecule has 2 heterocycles. The monoisotopic (exact) mass is 278 g/mol. The molecule has 2 saturated heterocycles. The van der Waals surface area contributed by atoms with Crippen LogP contribution in [-0.4, -0.2) is 52.6 Å². The highest BCUT2D eigenvalue weighted by atomic mass is 16.6. The molecule has 5 nitrogen and oxygen atoms in total. The summed E-state index contributed by atoms with van der Waals surface area (Å²) in [6.07, 6.45) is 2.91. The average Bonchev–Trinajstić information content (AvgIpc) is 3.07. The van der Waals surface area contributed by atoms with Gasteiger partial charge >= 0.3 is 6.09 Å². The standard InChI is InChI=1S/C15H22N2O3/c1-14(2,3)20-13(19)17-8-10-4-11(17)7-16(10)12(18)15-5-9(15)6-15/h9-11H,4-8H2,1-3H3/t9?,10-,11-,15?/m0/s1. The van der Waals surface area contributed by atoms with E-state index in [1.807, 2.05) is 30.6 Å². The fraction of sp³-hybridized carbons (Fsp3) is 0.867. The summed E-state index contributed by atoms with van der Waals surface area (Å²) >= 11 is 0. The topological polar surface area (TPSA) is 49.9 Å². The van der Waals surface area contributed by atoms with Crippen LogP contribution in [0, 0.1) is 11.3 Å². The van der Waals surface area contributed by atoms with E-state index >= 15 is 0 Å². The highest BCUT2D eigenvalue weighted by molar-refractivity contribution is 5.91. The molecule has 20 heavy (non-hydrogen) atoms. The van der Waals surface area contributed by atoms with Crippen molar-refractivity contribution in [2.24, 2.45) is 11.3 Å². The molecule has 2 aliphatic heterocycles. The molecular formula is C15H22N2O3. The summed E-state index contributed by atoms with van der Waals surface area (Å²) in [5.41, 5.74) is -0.399. The molecule has 0 spiro atoms. The number of carbonyl (C=O) groups is 2. The number of carbonyl (C=O) groups excluding carboxylic acids is 2. The molecule has 4 rings (SSSR count). The van der Waals surface area contributed by atoms with Gasteiger partial charge in [0.05, 0.1) is 17.5 Å². The number of amides is 2. The van der Waals surface area contributed by atoms with E-state index in [-0.39, 0.29) is 23.6 Å². The van der Waals surface area contributed by atoms with Crippen LogP contribution in [-0.2, 0) is 9.53 Å². The zero-order valence-corrected chi connectivity index (χ0v) is 12.4. The molecule has 5 heteroatoms. The molecule has 110 valence electrons. The number of fused-ring (bicyclic) bond motifs is 3. The first-order chi connectivity index (χ1) is 9.30. The molecule has 2 aliphatic carbocycles. The van der Waals surface area contributed by atoms with Crippen LogP contribution in [0.2, 0.25) is 0 Å². The Labute approximate surface area is 119 Å². The lowest BCUT2D eigenvalue weighted by Gasteiger charge is -2.35. The summed E-state index contributed by atoms with van der Waals surface area (Å²) in [5.74, 6) is 1.05. The molecule has 0 aromatic rings. The van der Waals surface area contributed by atoms with Crippen LogP contribution in [0.25, 0.3) is 0 Å². The maximum atomic E-state index is 12.5. The first-order valence-electron chi connectivity index (χ1n) is 7.61. The van der Waals surface area contributed by atoms with Crippen molar-refractivity contribution in [1.29, 1.82) is 0 Å². The van der Waals surface area contributed by atoms with Crippen molar-refractivity contribution in [3.8, 4) is 0 Å². The van der Waals surface area contributed by atoms with Gasteiger partial charge in [-0.05, 0) is 46.0 Å². The van der Waals surface area contributed by atoms with Crippen LogP contribution < -0.4 is 0 Å². The summed E-state index contributed by atoms with van der Waals surface area (Å²) in [5, 5.41) is 0. The minimum absolute atomic E-state index is 0.0568. The van der Waals surface area contributed by atoms with E-state index < -0.39 is 5.60 Å². The van der Waals surface area contributed by atoms with Crippen LogP contribution in [0.3, 0.4) is 0 Å². The summed E-state index contributed by atoms with van der Waals surface area (Å²) in [4.78, 5) is 28.5. The van der Waals surface area contributed by atoms with Gasteiger partial charge in [-0.25, -0.2) is 4.79 Å². The fourth-order valence-electron chi connectivity index (χ4n) is 3.80. The number of likely N-dealkylation sites (tertiary alicyclic amines) is 2. The molecular weight excluding hydrogens is 256 g/mol. The largest absolute Gasteiger partial charge is 0.444 e. The van der Waals surface area contributed by atoms with E-state index in [9.17, 15) is 9.59 Å². The number of hydrogen-bond acceptors (Lipinski definition) is 3. The Morgan fingerprint density at radius 1 is 1.10 bits per heavy atom. The molecule has 2 saturated carbocycles. The SMILES string of the molecule is CC(C)(C)OC(=O)N1C[C@@H]2C[C@H]1CN2C(=O)C12CC1C2. The second kappa shape index (κ2) is 3.49. The third-order valence-corrected chi connectivity index (χ3v) is 5.24. The Bertz CT molecular complexity index is 490. The maximum absolute atomic E-state index is 12.5. The average molecular weight is 278 g/mol. The third kappa shape index (κ3) is 1.68. The van der Waals surface area contributed by atoms with E-state index in [1.165, 1.54) is 0 Å². The first-order valence-corrected chi connectivity index (χ1v) is 7.61. The lowest BCUT2D eigenvalue weighted by atomic mass is 10.1. The number of hydrogen-bond donors (Lipinski definition) is 0. The van der Waals surface area contributed by atoms with Gasteiger partial charge in [-0.1, -0.05) is 0 Å². The summed E-state index contributed by atoms with van der Waals surface area (Å²) in [6, 6.07) is 0.377. The summed E-state index contributed by atoms with van der Waals surface area (Å²) in [6.45, 7) is 7.00. The molecule has 4 fully saturated rings. The van der Waals surface area contributed by atoms with Crippen LogP contribution in [0.15, 0.2) is 0 Å². The van der Waals surface area contributed by atoms with Gasteiger partial charge in [0.2, 0.25) is 5.91 Å². The van der Waals surface area contributed by atoms with E-state index in [4.69, 9.17) is 4.74 Å². The molecule has 0 aromatic heterocycles. The summed E-state index contributed by atoms with van der Waals surface area (Å²) in [7, 11) is 0. The highest BCUT2D eigenvalue weighted by Gasteiger charge is 2.76. The Morgan fingerprint density at radius 3 is 2.10 bits per heavy atom. The first kappa shape index (κ1) is 12.5. The predicted octanol–water partition coefficient (Wildman–Crippen LogP) is 1.62. The van der Waals surface area contributed by atoms with Gasteiger partial charge in [0.1, 0.15) is 5.60 Å². The van der Waals surface area contributed by atoms with Gasteiger partial charge in [0.25, 0.3) is 0 Å². The van der Waals surface area contributed by atoms with Gasteiger partial charge in [-0.2, -0.15) is 0 Å². The van der Waals surface area contributed by atoms with Crippen LogP contribution in [0.4, 0.5) is 4.79 Å². The Morgan fingerprint density at radius 2 is 1.65 bits per heavy atom. The molecule has 0 aromatic carbocycles. The van der Waals surface area contributed by atoms with Crippen molar-refractivity contribution in [1.82, 2.24) is 9.80 Å². The fourth-order valence-corrected chi connectivity index (χ4v) is 3.80. The van der Waals surface area contributed by atoms with Crippen molar-refractivity contribution >= 4 is 12.0 Å². The second-order valence-corrected chi connectivity index (χ2v) is 7.89. The third-order valence-electron chi connectivity index (χ3n) is 5.24. The number of ether oxygens (including phenoxy) is 1. The normalized spacial score (nSPS) is 40.6. The van der Waals surface area contributed by atoms with E-state index in [0.717, 1.165) is 19.3 Å². The smallest absolute Gasteiger partial charge is 0.410 e. The van der Waals surface area contributed by atoms with Crippen LogP contribution in [0.5, 0.6) is 0 Å². The predicted molar refractivity (Wildman–Crippen MR) is 72.0 cm³/mol. The minimum Gasteiger partial charge on any atom is -0.444 e. The van der Waals surface area contributed by atoms with Gasteiger partial charge in [-0.3, -0.25) is 4.79 Å². The zero-order chi connectivity index (χ0) is 14.3. The lowest BCUT2D eigenvalue weighted by molar-refractivity contribution is -0.137.